The number of carbonyl (C=O) groups is 2. The Balaban J connectivity index is 3.47. The van der Waals surface area contributed by atoms with E-state index in [-0.39, 0.29) is 5.78 Å². The summed E-state index contributed by atoms with van der Waals surface area (Å²) in [6.07, 6.45) is 0.0319. The molecule has 0 amide bonds. The first kappa shape index (κ1) is 13.1. The summed E-state index contributed by atoms with van der Waals surface area (Å²) in [6, 6.07) is -0.593. The van der Waals surface area contributed by atoms with Gasteiger partial charge < -0.3 is 15.5 Å². The maximum atomic E-state index is 10.6. The highest BCUT2D eigenvalue weighted by Crippen LogP contribution is 1.97. The molecule has 82 valence electrons. The van der Waals surface area contributed by atoms with Gasteiger partial charge in [0.2, 0.25) is 0 Å². The minimum atomic E-state index is -0.920. The van der Waals surface area contributed by atoms with Crippen molar-refractivity contribution in [2.24, 2.45) is 0 Å². The van der Waals surface area contributed by atoms with Gasteiger partial charge >= 0.3 is 5.97 Å². The molecule has 1 unspecified atom stereocenters. The SMILES string of the molecule is CC(=O)C(O)CCCN[C@@H](C)C(=O)O. The minimum absolute atomic E-state index is 0.253. The van der Waals surface area contributed by atoms with Crippen molar-refractivity contribution in [2.45, 2.75) is 38.8 Å². The summed E-state index contributed by atoms with van der Waals surface area (Å²) in [6.45, 7) is 3.36. The summed E-state index contributed by atoms with van der Waals surface area (Å²) in [7, 11) is 0. The van der Waals surface area contributed by atoms with Crippen LogP contribution < -0.4 is 5.32 Å². The number of ketones is 1. The molecule has 0 aromatic rings. The smallest absolute Gasteiger partial charge is 0.320 e. The minimum Gasteiger partial charge on any atom is -0.480 e. The average Bonchev–Trinajstić information content (AvgIpc) is 2.11. The zero-order valence-corrected chi connectivity index (χ0v) is 8.49. The van der Waals surface area contributed by atoms with E-state index in [2.05, 4.69) is 5.32 Å². The molecule has 3 N–H and O–H groups in total. The van der Waals surface area contributed by atoms with Crippen LogP contribution in [0.1, 0.15) is 26.7 Å². The topological polar surface area (TPSA) is 86.6 Å². The zero-order chi connectivity index (χ0) is 11.1. The Kier molecular flexibility index (Phi) is 6.07. The lowest BCUT2D eigenvalue weighted by Gasteiger charge is -2.10. The predicted octanol–water partition coefficient (Wildman–Crippen LogP) is -0.221. The quantitative estimate of drug-likeness (QED) is 0.498. The van der Waals surface area contributed by atoms with Crippen LogP contribution in [0.2, 0.25) is 0 Å². The molecule has 0 heterocycles. The number of rotatable bonds is 7. The summed E-state index contributed by atoms with van der Waals surface area (Å²) in [4.78, 5) is 21.0. The molecule has 0 rings (SSSR count). The van der Waals surface area contributed by atoms with Crippen molar-refractivity contribution in [3.8, 4) is 0 Å². The second-order valence-corrected chi connectivity index (χ2v) is 3.28. The number of carboxylic acid groups (broad SMARTS) is 1. The fourth-order valence-corrected chi connectivity index (χ4v) is 0.905. The number of carboxylic acids is 1. The summed E-state index contributed by atoms with van der Waals surface area (Å²) < 4.78 is 0. The van der Waals surface area contributed by atoms with Crippen LogP contribution in [0.15, 0.2) is 0 Å². The first-order valence-corrected chi connectivity index (χ1v) is 4.60. The van der Waals surface area contributed by atoms with E-state index in [1.54, 1.807) is 6.92 Å². The highest BCUT2D eigenvalue weighted by Gasteiger charge is 2.11. The number of aliphatic hydroxyl groups excluding tert-OH is 1. The van der Waals surface area contributed by atoms with E-state index < -0.39 is 18.1 Å². The van der Waals surface area contributed by atoms with Crippen LogP contribution in [0.4, 0.5) is 0 Å². The zero-order valence-electron chi connectivity index (χ0n) is 8.49. The first-order chi connectivity index (χ1) is 6.45. The number of aliphatic hydroxyl groups is 1. The number of hydrogen-bond donors (Lipinski definition) is 3. The van der Waals surface area contributed by atoms with E-state index in [0.717, 1.165) is 0 Å². The second kappa shape index (κ2) is 6.50. The molecule has 5 heteroatoms. The highest BCUT2D eigenvalue weighted by atomic mass is 16.4. The third-order valence-electron chi connectivity index (χ3n) is 1.94. The number of nitrogens with one attached hydrogen (secondary N) is 1. The second-order valence-electron chi connectivity index (χ2n) is 3.28. The molecule has 0 aliphatic heterocycles. The Morgan fingerprint density at radius 1 is 1.43 bits per heavy atom. The molecule has 0 saturated heterocycles. The Morgan fingerprint density at radius 3 is 2.43 bits per heavy atom. The van der Waals surface area contributed by atoms with Crippen molar-refractivity contribution in [3.63, 3.8) is 0 Å². The molecule has 0 aromatic carbocycles. The fourth-order valence-electron chi connectivity index (χ4n) is 0.905. The van der Waals surface area contributed by atoms with Crippen LogP contribution in [0.5, 0.6) is 0 Å². The van der Waals surface area contributed by atoms with Gasteiger partial charge in [-0.1, -0.05) is 0 Å². The van der Waals surface area contributed by atoms with Gasteiger partial charge in [-0.05, 0) is 33.2 Å². The molecule has 0 aliphatic carbocycles. The monoisotopic (exact) mass is 203 g/mol. The van der Waals surface area contributed by atoms with Crippen molar-refractivity contribution in [2.75, 3.05) is 6.54 Å². The van der Waals surface area contributed by atoms with Crippen molar-refractivity contribution in [1.82, 2.24) is 5.32 Å². The summed E-state index contributed by atoms with van der Waals surface area (Å²) in [5.74, 6) is -1.16. The molecular weight excluding hydrogens is 186 g/mol. The van der Waals surface area contributed by atoms with Crippen LogP contribution in [0, 0.1) is 0 Å². The van der Waals surface area contributed by atoms with E-state index in [9.17, 15) is 9.59 Å². The van der Waals surface area contributed by atoms with Crippen LogP contribution in [-0.4, -0.2) is 40.7 Å². The lowest BCUT2D eigenvalue weighted by Crippen LogP contribution is -2.34. The molecule has 0 bridgehead atoms. The van der Waals surface area contributed by atoms with Gasteiger partial charge in [0.05, 0.1) is 0 Å². The molecule has 0 aromatic heterocycles. The van der Waals surface area contributed by atoms with Crippen molar-refractivity contribution in [1.29, 1.82) is 0 Å². The number of Topliss-reactive ketones (excluding diaryl/α,β-unsaturated/α-hetero) is 1. The van der Waals surface area contributed by atoms with Crippen molar-refractivity contribution in [3.05, 3.63) is 0 Å². The Labute approximate surface area is 83.1 Å². The molecule has 14 heavy (non-hydrogen) atoms. The van der Waals surface area contributed by atoms with Gasteiger partial charge in [-0.2, -0.15) is 0 Å². The Morgan fingerprint density at radius 2 is 2.00 bits per heavy atom. The molecular formula is C9H17NO4. The van der Waals surface area contributed by atoms with Gasteiger partial charge in [0.1, 0.15) is 12.1 Å². The molecule has 0 saturated carbocycles. The van der Waals surface area contributed by atoms with Gasteiger partial charge in [-0.3, -0.25) is 9.59 Å². The number of aliphatic carboxylic acids is 1. The van der Waals surface area contributed by atoms with E-state index in [1.807, 2.05) is 0 Å². The maximum absolute atomic E-state index is 10.6. The van der Waals surface area contributed by atoms with E-state index in [4.69, 9.17) is 10.2 Å². The number of carbonyl (C=O) groups excluding carboxylic acids is 1. The molecule has 0 spiro atoms. The van der Waals surface area contributed by atoms with Gasteiger partial charge in [-0.15, -0.1) is 0 Å². The van der Waals surface area contributed by atoms with Crippen LogP contribution >= 0.6 is 0 Å². The molecule has 5 nitrogen and oxygen atoms in total. The first-order valence-electron chi connectivity index (χ1n) is 4.60. The van der Waals surface area contributed by atoms with Gasteiger partial charge in [-0.25, -0.2) is 0 Å². The maximum Gasteiger partial charge on any atom is 0.320 e. The largest absolute Gasteiger partial charge is 0.480 e. The molecule has 0 radical (unpaired) electrons. The van der Waals surface area contributed by atoms with Gasteiger partial charge in [0.25, 0.3) is 0 Å². The molecule has 2 atom stereocenters. The highest BCUT2D eigenvalue weighted by molar-refractivity contribution is 5.80. The molecule has 0 aliphatic rings. The molecule has 0 fully saturated rings. The van der Waals surface area contributed by atoms with E-state index >= 15 is 0 Å². The Hall–Kier alpha value is -0.940. The lowest BCUT2D eigenvalue weighted by molar-refractivity contribution is -0.139. The van der Waals surface area contributed by atoms with Crippen LogP contribution in [-0.2, 0) is 9.59 Å². The van der Waals surface area contributed by atoms with Crippen LogP contribution in [0.25, 0.3) is 0 Å². The van der Waals surface area contributed by atoms with Crippen LogP contribution in [0.3, 0.4) is 0 Å². The summed E-state index contributed by atoms with van der Waals surface area (Å²) >= 11 is 0. The van der Waals surface area contributed by atoms with E-state index in [0.29, 0.717) is 19.4 Å². The lowest BCUT2D eigenvalue weighted by atomic mass is 10.1. The van der Waals surface area contributed by atoms with E-state index in [1.165, 1.54) is 6.92 Å². The third kappa shape index (κ3) is 5.66. The number of hydrogen-bond acceptors (Lipinski definition) is 4. The fraction of sp³-hybridized carbons (Fsp3) is 0.778. The third-order valence-corrected chi connectivity index (χ3v) is 1.94. The van der Waals surface area contributed by atoms with Gasteiger partial charge in [0, 0.05) is 0 Å². The summed E-state index contributed by atoms with van der Waals surface area (Å²) in [5, 5.41) is 20.4. The van der Waals surface area contributed by atoms with Crippen molar-refractivity contribution >= 4 is 11.8 Å². The standard InChI is InChI=1S/C9H17NO4/c1-6(9(13)14)10-5-3-4-8(12)7(2)11/h6,8,10,12H,3-5H2,1-2H3,(H,13,14)/t6-,8?/m0/s1. The normalized spacial score (nSPS) is 14.8. The summed E-state index contributed by atoms with van der Waals surface area (Å²) in [5.41, 5.74) is 0. The predicted molar refractivity (Wildman–Crippen MR) is 51.0 cm³/mol. The Bertz CT molecular complexity index is 183. The van der Waals surface area contributed by atoms with Gasteiger partial charge in [0.15, 0.2) is 5.78 Å². The van der Waals surface area contributed by atoms with Crippen molar-refractivity contribution < 1.29 is 19.8 Å². The average molecular weight is 203 g/mol.